The molecular formula is C12H26N2O2S. The SMILES string of the molecule is CC1CCC(C(C)C)C(NCCS(N)(=O)=O)C1. The second-order valence-corrected chi connectivity index (χ2v) is 7.49. The average molecular weight is 262 g/mol. The van der Waals surface area contributed by atoms with Crippen molar-refractivity contribution in [2.45, 2.75) is 46.1 Å². The topological polar surface area (TPSA) is 72.2 Å². The van der Waals surface area contributed by atoms with Gasteiger partial charge in [0, 0.05) is 12.6 Å². The quantitative estimate of drug-likeness (QED) is 0.785. The molecule has 1 saturated carbocycles. The van der Waals surface area contributed by atoms with E-state index in [0.717, 1.165) is 12.3 Å². The molecule has 0 heterocycles. The Bertz CT molecular complexity index is 327. The average Bonchev–Trinajstić information content (AvgIpc) is 2.15. The molecule has 0 aromatic carbocycles. The molecule has 0 aromatic rings. The first kappa shape index (κ1) is 14.9. The summed E-state index contributed by atoms with van der Waals surface area (Å²) in [6, 6.07) is 0.445. The molecule has 5 heteroatoms. The third-order valence-corrected chi connectivity index (χ3v) is 4.59. The molecule has 1 aliphatic rings. The van der Waals surface area contributed by atoms with Crippen LogP contribution in [0.25, 0.3) is 0 Å². The molecule has 102 valence electrons. The third kappa shape index (κ3) is 5.36. The predicted octanol–water partition coefficient (Wildman–Crippen LogP) is 1.33. The molecule has 0 saturated heterocycles. The van der Waals surface area contributed by atoms with E-state index in [0.29, 0.717) is 24.4 Å². The van der Waals surface area contributed by atoms with Crippen LogP contribution in [-0.4, -0.2) is 26.8 Å². The summed E-state index contributed by atoms with van der Waals surface area (Å²) >= 11 is 0. The van der Waals surface area contributed by atoms with Gasteiger partial charge in [-0.05, 0) is 30.6 Å². The van der Waals surface area contributed by atoms with Gasteiger partial charge in [0.2, 0.25) is 10.0 Å². The normalized spacial score (nSPS) is 30.8. The summed E-state index contributed by atoms with van der Waals surface area (Å²) in [5, 5.41) is 8.39. The van der Waals surface area contributed by atoms with Crippen LogP contribution in [0.5, 0.6) is 0 Å². The van der Waals surface area contributed by atoms with Gasteiger partial charge in [0.05, 0.1) is 5.75 Å². The highest BCUT2D eigenvalue weighted by Gasteiger charge is 2.30. The standard InChI is InChI=1S/C12H26N2O2S/c1-9(2)11-5-4-10(3)8-12(11)14-6-7-17(13,15)16/h9-12,14H,4-8H2,1-3H3,(H2,13,15,16). The van der Waals surface area contributed by atoms with Gasteiger partial charge in [-0.1, -0.05) is 27.2 Å². The molecule has 0 bridgehead atoms. The molecule has 3 unspecified atom stereocenters. The smallest absolute Gasteiger partial charge is 0.210 e. The summed E-state index contributed by atoms with van der Waals surface area (Å²) in [6.45, 7) is 7.23. The molecule has 1 fully saturated rings. The first-order valence-corrected chi connectivity index (χ1v) is 8.25. The van der Waals surface area contributed by atoms with E-state index in [1.165, 1.54) is 12.8 Å². The van der Waals surface area contributed by atoms with Crippen molar-refractivity contribution in [1.82, 2.24) is 5.32 Å². The van der Waals surface area contributed by atoms with Crippen molar-refractivity contribution >= 4 is 10.0 Å². The Morgan fingerprint density at radius 1 is 1.35 bits per heavy atom. The molecule has 0 aromatic heterocycles. The van der Waals surface area contributed by atoms with E-state index in [-0.39, 0.29) is 5.75 Å². The van der Waals surface area contributed by atoms with Crippen LogP contribution in [0.15, 0.2) is 0 Å². The highest BCUT2D eigenvalue weighted by Crippen LogP contribution is 2.33. The summed E-state index contributed by atoms with van der Waals surface area (Å²) in [6.07, 6.45) is 3.68. The Labute approximate surface area is 105 Å². The lowest BCUT2D eigenvalue weighted by Gasteiger charge is -2.38. The van der Waals surface area contributed by atoms with Crippen LogP contribution < -0.4 is 10.5 Å². The van der Waals surface area contributed by atoms with Crippen molar-refractivity contribution < 1.29 is 8.42 Å². The second-order valence-electron chi connectivity index (χ2n) is 5.75. The molecule has 3 N–H and O–H groups in total. The Morgan fingerprint density at radius 2 is 2.00 bits per heavy atom. The van der Waals surface area contributed by atoms with Gasteiger partial charge < -0.3 is 5.32 Å². The van der Waals surface area contributed by atoms with E-state index in [4.69, 9.17) is 5.14 Å². The van der Waals surface area contributed by atoms with Crippen molar-refractivity contribution in [3.63, 3.8) is 0 Å². The second kappa shape index (κ2) is 6.16. The summed E-state index contributed by atoms with van der Waals surface area (Å²) in [4.78, 5) is 0. The number of nitrogens with two attached hydrogens (primary N) is 1. The van der Waals surface area contributed by atoms with Crippen LogP contribution in [0, 0.1) is 17.8 Å². The molecule has 1 rings (SSSR count). The minimum absolute atomic E-state index is 0.0305. The van der Waals surface area contributed by atoms with Gasteiger partial charge in [-0.2, -0.15) is 0 Å². The summed E-state index contributed by atoms with van der Waals surface area (Å²) in [5.74, 6) is 2.07. The Balaban J connectivity index is 2.47. The van der Waals surface area contributed by atoms with Crippen LogP contribution in [0.2, 0.25) is 0 Å². The molecule has 0 amide bonds. The highest BCUT2D eigenvalue weighted by atomic mass is 32.2. The molecule has 4 nitrogen and oxygen atoms in total. The number of sulfonamides is 1. The number of hydrogen-bond donors (Lipinski definition) is 2. The molecule has 0 spiro atoms. The number of primary sulfonamides is 1. The van der Waals surface area contributed by atoms with Gasteiger partial charge in [-0.25, -0.2) is 13.6 Å². The van der Waals surface area contributed by atoms with E-state index < -0.39 is 10.0 Å². The predicted molar refractivity (Wildman–Crippen MR) is 71.1 cm³/mol. The lowest BCUT2D eigenvalue weighted by atomic mass is 9.74. The molecule has 1 aliphatic carbocycles. The van der Waals surface area contributed by atoms with Crippen molar-refractivity contribution in [3.8, 4) is 0 Å². The number of hydrogen-bond acceptors (Lipinski definition) is 3. The van der Waals surface area contributed by atoms with E-state index in [2.05, 4.69) is 26.1 Å². The molecule has 0 aliphatic heterocycles. The summed E-state index contributed by atoms with van der Waals surface area (Å²) in [5.41, 5.74) is 0. The van der Waals surface area contributed by atoms with E-state index in [1.807, 2.05) is 0 Å². The monoisotopic (exact) mass is 262 g/mol. The Kier molecular flexibility index (Phi) is 5.41. The maximum absolute atomic E-state index is 10.9. The van der Waals surface area contributed by atoms with Gasteiger partial charge in [-0.15, -0.1) is 0 Å². The fraction of sp³-hybridized carbons (Fsp3) is 1.00. The van der Waals surface area contributed by atoms with Gasteiger partial charge in [-0.3, -0.25) is 0 Å². The zero-order valence-electron chi connectivity index (χ0n) is 11.1. The fourth-order valence-electron chi connectivity index (χ4n) is 2.82. The first-order valence-electron chi connectivity index (χ1n) is 6.53. The van der Waals surface area contributed by atoms with Crippen molar-refractivity contribution in [2.24, 2.45) is 22.9 Å². The van der Waals surface area contributed by atoms with Crippen molar-refractivity contribution in [2.75, 3.05) is 12.3 Å². The van der Waals surface area contributed by atoms with Gasteiger partial charge >= 0.3 is 0 Å². The van der Waals surface area contributed by atoms with Crippen molar-refractivity contribution in [3.05, 3.63) is 0 Å². The van der Waals surface area contributed by atoms with Crippen molar-refractivity contribution in [1.29, 1.82) is 0 Å². The summed E-state index contributed by atoms with van der Waals surface area (Å²) < 4.78 is 21.8. The minimum atomic E-state index is -3.34. The summed E-state index contributed by atoms with van der Waals surface area (Å²) in [7, 11) is -3.34. The Morgan fingerprint density at radius 3 is 2.53 bits per heavy atom. The van der Waals surface area contributed by atoms with Gasteiger partial charge in [0.1, 0.15) is 0 Å². The maximum atomic E-state index is 10.9. The number of nitrogens with one attached hydrogen (secondary N) is 1. The minimum Gasteiger partial charge on any atom is -0.313 e. The molecule has 0 radical (unpaired) electrons. The zero-order chi connectivity index (χ0) is 13.1. The lowest BCUT2D eigenvalue weighted by molar-refractivity contribution is 0.172. The molecule has 3 atom stereocenters. The maximum Gasteiger partial charge on any atom is 0.210 e. The van der Waals surface area contributed by atoms with Crippen LogP contribution in [0.4, 0.5) is 0 Å². The lowest BCUT2D eigenvalue weighted by Crippen LogP contribution is -2.44. The van der Waals surface area contributed by atoms with Crippen LogP contribution in [0.3, 0.4) is 0 Å². The largest absolute Gasteiger partial charge is 0.313 e. The molecule has 17 heavy (non-hydrogen) atoms. The van der Waals surface area contributed by atoms with Gasteiger partial charge in [0.15, 0.2) is 0 Å². The van der Waals surface area contributed by atoms with E-state index >= 15 is 0 Å². The van der Waals surface area contributed by atoms with Crippen LogP contribution in [-0.2, 0) is 10.0 Å². The Hall–Kier alpha value is -0.130. The van der Waals surface area contributed by atoms with Crippen LogP contribution in [0.1, 0.15) is 40.0 Å². The highest BCUT2D eigenvalue weighted by molar-refractivity contribution is 7.89. The van der Waals surface area contributed by atoms with Crippen LogP contribution >= 0.6 is 0 Å². The van der Waals surface area contributed by atoms with E-state index in [9.17, 15) is 8.42 Å². The first-order chi connectivity index (χ1) is 7.79. The number of rotatable bonds is 5. The fourth-order valence-corrected chi connectivity index (χ4v) is 3.23. The molecular weight excluding hydrogens is 236 g/mol. The zero-order valence-corrected chi connectivity index (χ0v) is 12.0. The van der Waals surface area contributed by atoms with E-state index in [1.54, 1.807) is 0 Å². The third-order valence-electron chi connectivity index (χ3n) is 3.82. The van der Waals surface area contributed by atoms with Gasteiger partial charge in [0.25, 0.3) is 0 Å².